The van der Waals surface area contributed by atoms with Gasteiger partial charge in [-0.25, -0.2) is 4.79 Å². The van der Waals surface area contributed by atoms with Crippen molar-refractivity contribution in [2.45, 2.75) is 19.3 Å². The lowest BCUT2D eigenvalue weighted by molar-refractivity contribution is 0.0697. The minimum atomic E-state index is -0.919. The molecule has 0 saturated heterocycles. The summed E-state index contributed by atoms with van der Waals surface area (Å²) in [6, 6.07) is 17.0. The molecule has 0 atom stereocenters. The van der Waals surface area contributed by atoms with Gasteiger partial charge in [0.2, 0.25) is 0 Å². The Kier molecular flexibility index (Phi) is 4.63. The fourth-order valence-corrected chi connectivity index (χ4v) is 3.27. The Balaban J connectivity index is 1.78. The van der Waals surface area contributed by atoms with Crippen molar-refractivity contribution in [3.05, 3.63) is 71.9 Å². The van der Waals surface area contributed by atoms with Crippen molar-refractivity contribution in [2.75, 3.05) is 7.11 Å². The molecule has 1 aliphatic carbocycles. The van der Waals surface area contributed by atoms with Crippen molar-refractivity contribution in [3.63, 3.8) is 0 Å². The molecule has 1 saturated carbocycles. The Morgan fingerprint density at radius 2 is 1.74 bits per heavy atom. The number of nitrogens with zero attached hydrogens (tertiary/aromatic N) is 1. The molecule has 1 heterocycles. The van der Waals surface area contributed by atoms with E-state index in [9.17, 15) is 4.79 Å². The van der Waals surface area contributed by atoms with Gasteiger partial charge in [-0.3, -0.25) is 4.98 Å². The third-order valence-corrected chi connectivity index (χ3v) is 4.97. The molecule has 0 radical (unpaired) electrons. The van der Waals surface area contributed by atoms with Crippen LogP contribution in [0.3, 0.4) is 0 Å². The summed E-state index contributed by atoms with van der Waals surface area (Å²) in [4.78, 5) is 15.9. The fourth-order valence-electron chi connectivity index (χ4n) is 3.27. The fraction of sp³-hybridized carbons (Fsp3) is 0.217. The Bertz CT molecular complexity index is 958. The van der Waals surface area contributed by atoms with Crippen molar-refractivity contribution in [2.24, 2.45) is 5.92 Å². The first-order valence-electron chi connectivity index (χ1n) is 9.11. The monoisotopic (exact) mass is 359 g/mol. The van der Waals surface area contributed by atoms with Gasteiger partial charge in [0.25, 0.3) is 0 Å². The zero-order valence-electron chi connectivity index (χ0n) is 15.2. The summed E-state index contributed by atoms with van der Waals surface area (Å²) in [5.41, 5.74) is 5.40. The minimum Gasteiger partial charge on any atom is -0.497 e. The number of methoxy groups -OCH3 is 1. The number of aromatic carboxylic acids is 1. The molecular weight excluding hydrogens is 338 g/mol. The van der Waals surface area contributed by atoms with Crippen LogP contribution in [-0.2, 0) is 6.42 Å². The summed E-state index contributed by atoms with van der Waals surface area (Å²) in [7, 11) is 1.65. The molecule has 0 aliphatic heterocycles. The molecule has 1 fully saturated rings. The van der Waals surface area contributed by atoms with Crippen LogP contribution in [0.15, 0.2) is 60.8 Å². The molecule has 27 heavy (non-hydrogen) atoms. The Hall–Kier alpha value is -3.14. The molecule has 1 aromatic heterocycles. The van der Waals surface area contributed by atoms with E-state index >= 15 is 0 Å². The zero-order valence-corrected chi connectivity index (χ0v) is 15.2. The van der Waals surface area contributed by atoms with Crippen LogP contribution in [0.1, 0.15) is 28.8 Å². The molecule has 4 heteroatoms. The van der Waals surface area contributed by atoms with Crippen molar-refractivity contribution >= 4 is 5.97 Å². The number of hydrogen-bond donors (Lipinski definition) is 1. The van der Waals surface area contributed by atoms with E-state index in [1.54, 1.807) is 19.2 Å². The molecule has 0 spiro atoms. The van der Waals surface area contributed by atoms with Crippen LogP contribution in [0, 0.1) is 5.92 Å². The molecule has 4 rings (SSSR count). The Morgan fingerprint density at radius 3 is 2.33 bits per heavy atom. The van der Waals surface area contributed by atoms with Gasteiger partial charge in [-0.05, 0) is 78.8 Å². The Morgan fingerprint density at radius 1 is 1.07 bits per heavy atom. The molecule has 0 unspecified atom stereocenters. The predicted octanol–water partition coefficient (Wildman–Crippen LogP) is 5.07. The summed E-state index contributed by atoms with van der Waals surface area (Å²) in [6.45, 7) is 0. The highest BCUT2D eigenvalue weighted by Gasteiger charge is 2.22. The number of benzene rings is 2. The molecule has 4 nitrogen and oxygen atoms in total. The molecule has 1 N–H and O–H groups in total. The van der Waals surface area contributed by atoms with Crippen molar-refractivity contribution in [3.8, 4) is 28.1 Å². The lowest BCUT2D eigenvalue weighted by Crippen LogP contribution is -1.97. The van der Waals surface area contributed by atoms with Crippen molar-refractivity contribution < 1.29 is 14.6 Å². The number of carbonyl (C=O) groups is 1. The molecule has 136 valence electrons. The van der Waals surface area contributed by atoms with Crippen molar-refractivity contribution in [1.82, 2.24) is 4.98 Å². The lowest BCUT2D eigenvalue weighted by Gasteiger charge is -2.12. The van der Waals surface area contributed by atoms with Crippen molar-refractivity contribution in [1.29, 1.82) is 0 Å². The molecule has 0 amide bonds. The second-order valence-electron chi connectivity index (χ2n) is 7.00. The van der Waals surface area contributed by atoms with Gasteiger partial charge in [-0.1, -0.05) is 12.1 Å². The summed E-state index contributed by atoms with van der Waals surface area (Å²) < 4.78 is 5.25. The van der Waals surface area contributed by atoms with Gasteiger partial charge in [-0.15, -0.1) is 0 Å². The molecular formula is C23H21NO3. The van der Waals surface area contributed by atoms with Crippen LogP contribution in [0.25, 0.3) is 22.4 Å². The van der Waals surface area contributed by atoms with Gasteiger partial charge < -0.3 is 9.84 Å². The maximum Gasteiger partial charge on any atom is 0.335 e. The highest BCUT2D eigenvalue weighted by molar-refractivity contribution is 5.89. The van der Waals surface area contributed by atoms with E-state index < -0.39 is 5.97 Å². The summed E-state index contributed by atoms with van der Waals surface area (Å²) in [5, 5.41) is 9.15. The van der Waals surface area contributed by atoms with Gasteiger partial charge in [0.15, 0.2) is 0 Å². The maximum absolute atomic E-state index is 11.2. The number of aromatic nitrogens is 1. The first-order chi connectivity index (χ1) is 13.1. The van der Waals surface area contributed by atoms with Crippen LogP contribution in [0.4, 0.5) is 0 Å². The van der Waals surface area contributed by atoms with Crippen LogP contribution in [0.2, 0.25) is 0 Å². The van der Waals surface area contributed by atoms with Crippen LogP contribution < -0.4 is 4.74 Å². The topological polar surface area (TPSA) is 59.4 Å². The molecule has 0 bridgehead atoms. The Labute approximate surface area is 158 Å². The maximum atomic E-state index is 11.2. The van der Waals surface area contributed by atoms with E-state index in [1.165, 1.54) is 18.4 Å². The third-order valence-electron chi connectivity index (χ3n) is 4.97. The van der Waals surface area contributed by atoms with E-state index in [0.29, 0.717) is 0 Å². The predicted molar refractivity (Wildman–Crippen MR) is 105 cm³/mol. The van der Waals surface area contributed by atoms with Gasteiger partial charge in [0.1, 0.15) is 5.75 Å². The number of ether oxygens (including phenoxy) is 1. The van der Waals surface area contributed by atoms with E-state index in [2.05, 4.69) is 6.07 Å². The number of pyridine rings is 1. The van der Waals surface area contributed by atoms with E-state index in [4.69, 9.17) is 14.8 Å². The first-order valence-corrected chi connectivity index (χ1v) is 9.11. The summed E-state index contributed by atoms with van der Waals surface area (Å²) in [5.74, 6) is 0.662. The second-order valence-corrected chi connectivity index (χ2v) is 7.00. The highest BCUT2D eigenvalue weighted by Crippen LogP contribution is 2.36. The quantitative estimate of drug-likeness (QED) is 0.667. The average molecular weight is 359 g/mol. The first kappa shape index (κ1) is 17.3. The zero-order chi connectivity index (χ0) is 18.8. The van der Waals surface area contributed by atoms with E-state index in [0.717, 1.165) is 40.5 Å². The van der Waals surface area contributed by atoms with Gasteiger partial charge >= 0.3 is 5.97 Å². The molecule has 1 aliphatic rings. The average Bonchev–Trinajstić information content (AvgIpc) is 3.52. The molecule has 3 aromatic rings. The van der Waals surface area contributed by atoms with Crippen LogP contribution in [0.5, 0.6) is 5.75 Å². The lowest BCUT2D eigenvalue weighted by atomic mass is 9.96. The highest BCUT2D eigenvalue weighted by atomic mass is 16.5. The minimum absolute atomic E-state index is 0.284. The van der Waals surface area contributed by atoms with Gasteiger partial charge in [0.05, 0.1) is 18.4 Å². The smallest absolute Gasteiger partial charge is 0.335 e. The summed E-state index contributed by atoms with van der Waals surface area (Å²) >= 11 is 0. The summed E-state index contributed by atoms with van der Waals surface area (Å²) in [6.07, 6.45) is 5.61. The standard InChI is InChI=1S/C23H21NO3/c1-27-20-10-8-18(9-11-20)22-21(13-16(14-24-22)12-15-2-3-15)17-4-6-19(7-5-17)23(25)26/h4-11,13-15H,2-3,12H2,1H3,(H,25,26). The normalized spacial score (nSPS) is 13.4. The van der Waals surface area contributed by atoms with E-state index in [1.807, 2.05) is 42.6 Å². The number of carboxylic acid groups (broad SMARTS) is 1. The largest absolute Gasteiger partial charge is 0.497 e. The van der Waals surface area contributed by atoms with E-state index in [-0.39, 0.29) is 5.56 Å². The number of carboxylic acids is 1. The van der Waals surface area contributed by atoms with Gasteiger partial charge in [0, 0.05) is 17.3 Å². The van der Waals surface area contributed by atoms with Gasteiger partial charge in [-0.2, -0.15) is 0 Å². The molecule has 2 aromatic carbocycles. The number of hydrogen-bond acceptors (Lipinski definition) is 3. The third kappa shape index (κ3) is 3.85. The number of rotatable bonds is 6. The second kappa shape index (κ2) is 7.23. The van der Waals surface area contributed by atoms with Crippen LogP contribution in [-0.4, -0.2) is 23.2 Å². The SMILES string of the molecule is COc1ccc(-c2ncc(CC3CC3)cc2-c2ccc(C(=O)O)cc2)cc1. The van der Waals surface area contributed by atoms with Crippen LogP contribution >= 0.6 is 0 Å².